The first-order valence-corrected chi connectivity index (χ1v) is 5.32. The normalized spacial score (nSPS) is 14.5. The van der Waals surface area contributed by atoms with Crippen LogP contribution in [-0.4, -0.2) is 12.1 Å². The molecule has 0 saturated carbocycles. The summed E-state index contributed by atoms with van der Waals surface area (Å²) in [5, 5.41) is 9.86. The molecule has 0 fully saturated rings. The van der Waals surface area contributed by atoms with Crippen molar-refractivity contribution >= 4 is 24.2 Å². The average Bonchev–Trinajstić information content (AvgIpc) is 2.54. The van der Waals surface area contributed by atoms with E-state index in [2.05, 4.69) is 0 Å². The Bertz CT molecular complexity index is 397. The summed E-state index contributed by atoms with van der Waals surface area (Å²) in [6.07, 6.45) is 1.39. The Morgan fingerprint density at radius 2 is 2.40 bits per heavy atom. The van der Waals surface area contributed by atoms with Crippen molar-refractivity contribution in [3.63, 3.8) is 0 Å². The molecule has 0 atom stereocenters. The molecule has 0 amide bonds. The largest absolute Gasteiger partial charge is 0.494 e. The van der Waals surface area contributed by atoms with Crippen molar-refractivity contribution in [3.8, 4) is 0 Å². The zero-order valence-electron chi connectivity index (χ0n) is 8.39. The molecule has 1 aromatic rings. The monoisotopic (exact) mass is 228 g/mol. The fraction of sp³-hybridized carbons (Fsp3) is 0.400. The van der Waals surface area contributed by atoms with Crippen LogP contribution >= 0.6 is 11.6 Å². The lowest BCUT2D eigenvalue weighted by molar-refractivity contribution is 0.275. The highest BCUT2D eigenvalue weighted by atomic mass is 35.5. The van der Waals surface area contributed by atoms with Gasteiger partial charge in [0.1, 0.15) is 5.82 Å². The average molecular weight is 228 g/mol. The molecule has 0 bridgehead atoms. The lowest BCUT2D eigenvalue weighted by atomic mass is 9.77. The molecule has 1 aromatic carbocycles. The van der Waals surface area contributed by atoms with Gasteiger partial charge in [-0.15, -0.1) is 0 Å². The number of benzene rings is 1. The van der Waals surface area contributed by atoms with Gasteiger partial charge in [0.05, 0.1) is 6.61 Å². The lowest BCUT2D eigenvalue weighted by Gasteiger charge is -2.09. The lowest BCUT2D eigenvalue weighted by Crippen LogP contribution is -2.32. The maximum Gasteiger partial charge on any atom is 0.494 e. The van der Waals surface area contributed by atoms with E-state index < -0.39 is 12.9 Å². The summed E-state index contributed by atoms with van der Waals surface area (Å²) in [4.78, 5) is 0. The van der Waals surface area contributed by atoms with Gasteiger partial charge in [0.2, 0.25) is 0 Å². The van der Waals surface area contributed by atoms with Crippen LogP contribution < -0.4 is 5.46 Å². The molecule has 0 spiro atoms. The molecule has 1 heterocycles. The summed E-state index contributed by atoms with van der Waals surface area (Å²) in [5.41, 5.74) is 1.37. The first kappa shape index (κ1) is 10.9. The third kappa shape index (κ3) is 1.77. The highest BCUT2D eigenvalue weighted by Gasteiger charge is 2.33. The Balaban J connectivity index is 2.55. The van der Waals surface area contributed by atoms with Crippen molar-refractivity contribution in [3.05, 3.63) is 28.0 Å². The Kier molecular flexibility index (Phi) is 3.00. The van der Waals surface area contributed by atoms with Crippen LogP contribution in [0.25, 0.3) is 0 Å². The van der Waals surface area contributed by atoms with Crippen molar-refractivity contribution < 1.29 is 14.1 Å². The van der Waals surface area contributed by atoms with E-state index in [9.17, 15) is 9.41 Å². The summed E-state index contributed by atoms with van der Waals surface area (Å²) in [7, 11) is -1.15. The highest BCUT2D eigenvalue weighted by molar-refractivity contribution is 6.61. The van der Waals surface area contributed by atoms with E-state index in [0.717, 1.165) is 6.42 Å². The molecule has 1 aliphatic heterocycles. The second-order valence-corrected chi connectivity index (χ2v) is 4.04. The number of halogens is 2. The van der Waals surface area contributed by atoms with Crippen LogP contribution in [0.2, 0.25) is 5.02 Å². The van der Waals surface area contributed by atoms with E-state index in [0.29, 0.717) is 22.6 Å². The van der Waals surface area contributed by atoms with Gasteiger partial charge in [0.25, 0.3) is 0 Å². The highest BCUT2D eigenvalue weighted by Crippen LogP contribution is 2.25. The molecule has 0 radical (unpaired) electrons. The van der Waals surface area contributed by atoms with Gasteiger partial charge >= 0.3 is 7.12 Å². The third-order valence-corrected chi connectivity index (χ3v) is 2.92. The van der Waals surface area contributed by atoms with E-state index >= 15 is 0 Å². The number of fused-ring (bicyclic) bond motifs is 1. The summed E-state index contributed by atoms with van der Waals surface area (Å²) in [5.74, 6) is -0.413. The predicted molar refractivity (Wildman–Crippen MR) is 57.8 cm³/mol. The van der Waals surface area contributed by atoms with Crippen molar-refractivity contribution in [1.82, 2.24) is 0 Å². The molecular formula is C10H11BClFO2. The van der Waals surface area contributed by atoms with Gasteiger partial charge in [-0.2, -0.15) is 0 Å². The molecule has 2 nitrogen and oxygen atoms in total. The number of rotatable bonds is 2. The molecule has 1 N–H and O–H groups in total. The summed E-state index contributed by atoms with van der Waals surface area (Å²) >= 11 is 5.96. The first-order chi connectivity index (χ1) is 7.15. The van der Waals surface area contributed by atoms with Crippen LogP contribution in [0.15, 0.2) is 6.07 Å². The van der Waals surface area contributed by atoms with E-state index in [1.54, 1.807) is 6.07 Å². The van der Waals surface area contributed by atoms with Crippen LogP contribution in [0.3, 0.4) is 0 Å². The molecule has 0 saturated heterocycles. The van der Waals surface area contributed by atoms with E-state index in [-0.39, 0.29) is 12.1 Å². The Hall–Kier alpha value is -0.575. The molecule has 0 aliphatic carbocycles. The van der Waals surface area contributed by atoms with Crippen molar-refractivity contribution in [2.24, 2.45) is 0 Å². The van der Waals surface area contributed by atoms with E-state index in [1.165, 1.54) is 0 Å². The number of hydrogen-bond acceptors (Lipinski definition) is 2. The van der Waals surface area contributed by atoms with Crippen LogP contribution in [-0.2, 0) is 17.7 Å². The Morgan fingerprint density at radius 3 is 3.07 bits per heavy atom. The van der Waals surface area contributed by atoms with Crippen LogP contribution in [0.4, 0.5) is 4.39 Å². The molecule has 0 unspecified atom stereocenters. The van der Waals surface area contributed by atoms with Gasteiger partial charge in [-0.25, -0.2) is 4.39 Å². The standard InChI is InChI=1S/C10H11BClFO2/c1-2-3-7-8(12)4-6-5-15-11(14)9(6)10(7)13/h4,14H,2-3,5H2,1H3. The van der Waals surface area contributed by atoms with Gasteiger partial charge < -0.3 is 9.68 Å². The molecule has 5 heteroatoms. The Morgan fingerprint density at radius 1 is 1.67 bits per heavy atom. The SMILES string of the molecule is CCCc1c(Cl)cc2c(c1F)B(O)OC2. The van der Waals surface area contributed by atoms with Crippen molar-refractivity contribution in [1.29, 1.82) is 0 Å². The fourth-order valence-electron chi connectivity index (χ4n) is 1.84. The van der Waals surface area contributed by atoms with E-state index in [4.69, 9.17) is 16.3 Å². The maximum atomic E-state index is 13.9. The molecular weight excluding hydrogens is 217 g/mol. The van der Waals surface area contributed by atoms with Crippen molar-refractivity contribution in [2.75, 3.05) is 0 Å². The van der Waals surface area contributed by atoms with Crippen LogP contribution in [0, 0.1) is 5.82 Å². The minimum absolute atomic E-state index is 0.222. The molecule has 80 valence electrons. The summed E-state index contributed by atoms with van der Waals surface area (Å²) in [6, 6.07) is 1.68. The van der Waals surface area contributed by atoms with E-state index in [1.807, 2.05) is 6.92 Å². The smallest absolute Gasteiger partial charge is 0.423 e. The third-order valence-electron chi connectivity index (χ3n) is 2.58. The van der Waals surface area contributed by atoms with Crippen LogP contribution in [0.1, 0.15) is 24.5 Å². The fourth-order valence-corrected chi connectivity index (χ4v) is 2.15. The zero-order valence-corrected chi connectivity index (χ0v) is 9.14. The molecule has 1 aliphatic rings. The molecule has 0 aromatic heterocycles. The number of hydrogen-bond donors (Lipinski definition) is 1. The van der Waals surface area contributed by atoms with Gasteiger partial charge in [0.15, 0.2) is 0 Å². The van der Waals surface area contributed by atoms with Gasteiger partial charge in [-0.05, 0) is 18.1 Å². The maximum absolute atomic E-state index is 13.9. The second kappa shape index (κ2) is 4.12. The molecule has 15 heavy (non-hydrogen) atoms. The minimum atomic E-state index is -1.15. The van der Waals surface area contributed by atoms with Gasteiger partial charge in [0, 0.05) is 16.0 Å². The van der Waals surface area contributed by atoms with Crippen molar-refractivity contribution in [2.45, 2.75) is 26.4 Å². The summed E-state index contributed by atoms with van der Waals surface area (Å²) < 4.78 is 18.9. The Labute approximate surface area is 93.2 Å². The first-order valence-electron chi connectivity index (χ1n) is 4.94. The quantitative estimate of drug-likeness (QED) is 0.780. The molecule has 2 rings (SSSR count). The summed E-state index contributed by atoms with van der Waals surface area (Å²) in [6.45, 7) is 2.18. The van der Waals surface area contributed by atoms with Gasteiger partial charge in [-0.3, -0.25) is 0 Å². The minimum Gasteiger partial charge on any atom is -0.423 e. The second-order valence-electron chi connectivity index (χ2n) is 3.64. The predicted octanol–water partition coefficient (Wildman–Crippen LogP) is 1.65. The van der Waals surface area contributed by atoms with Gasteiger partial charge in [-0.1, -0.05) is 24.9 Å². The zero-order chi connectivity index (χ0) is 11.0. The topological polar surface area (TPSA) is 29.5 Å². The van der Waals surface area contributed by atoms with Crippen LogP contribution in [0.5, 0.6) is 0 Å².